The number of thiophene rings is 1. The largest absolute Gasteiger partial charge is 0.490 e. The monoisotopic (exact) mass is 447 g/mol. The number of guanidine groups is 1. The Labute approximate surface area is 182 Å². The van der Waals surface area contributed by atoms with E-state index in [1.54, 1.807) is 11.3 Å². The van der Waals surface area contributed by atoms with Gasteiger partial charge in [0, 0.05) is 42.0 Å². The lowest BCUT2D eigenvalue weighted by Crippen LogP contribution is -2.32. The van der Waals surface area contributed by atoms with Crippen LogP contribution in [0, 0.1) is 0 Å². The molecule has 1 aromatic carbocycles. The van der Waals surface area contributed by atoms with Crippen LogP contribution in [0.25, 0.3) is 0 Å². The van der Waals surface area contributed by atoms with Crippen LogP contribution in [-0.4, -0.2) is 35.3 Å². The van der Waals surface area contributed by atoms with Crippen LogP contribution in [0.1, 0.15) is 23.7 Å². The maximum absolute atomic E-state index is 13.1. The molecular formula is C21H23F2N5O2S. The molecule has 0 fully saturated rings. The van der Waals surface area contributed by atoms with Crippen molar-refractivity contribution in [3.8, 4) is 11.5 Å². The van der Waals surface area contributed by atoms with Crippen LogP contribution in [0.2, 0.25) is 0 Å². The number of nitrogens with one attached hydrogen (secondary N) is 2. The number of aliphatic imine (C=N–C) groups is 1. The molecule has 3 heterocycles. The molecule has 2 N–H and O–H groups in total. The number of alkyl halides is 2. The van der Waals surface area contributed by atoms with Gasteiger partial charge in [-0.3, -0.25) is 4.57 Å². The maximum atomic E-state index is 13.1. The van der Waals surface area contributed by atoms with Crippen LogP contribution < -0.4 is 20.1 Å². The van der Waals surface area contributed by atoms with Crippen LogP contribution >= 0.6 is 11.3 Å². The predicted molar refractivity (Wildman–Crippen MR) is 116 cm³/mol. The molecule has 0 atom stereocenters. The summed E-state index contributed by atoms with van der Waals surface area (Å²) in [7, 11) is 0. The van der Waals surface area contributed by atoms with E-state index in [-0.39, 0.29) is 12.4 Å². The van der Waals surface area contributed by atoms with Gasteiger partial charge in [0.2, 0.25) is 0 Å². The maximum Gasteiger partial charge on any atom is 0.319 e. The Balaban J connectivity index is 1.48. The van der Waals surface area contributed by atoms with Gasteiger partial charge >= 0.3 is 6.55 Å². The molecule has 1 aliphatic rings. The van der Waals surface area contributed by atoms with Gasteiger partial charge in [-0.15, -0.1) is 11.3 Å². The normalized spacial score (nSPS) is 13.8. The highest BCUT2D eigenvalue weighted by atomic mass is 32.1. The van der Waals surface area contributed by atoms with E-state index in [0.717, 1.165) is 23.1 Å². The molecule has 0 spiro atoms. The average molecular weight is 448 g/mol. The Morgan fingerprint density at radius 3 is 2.90 bits per heavy atom. The minimum atomic E-state index is -2.65. The Morgan fingerprint density at radius 1 is 1.23 bits per heavy atom. The molecular weight excluding hydrogens is 424 g/mol. The zero-order valence-corrected chi connectivity index (χ0v) is 17.6. The van der Waals surface area contributed by atoms with Gasteiger partial charge in [-0.2, -0.15) is 8.78 Å². The number of ether oxygens (including phenoxy) is 2. The summed E-state index contributed by atoms with van der Waals surface area (Å²) in [4.78, 5) is 9.70. The van der Waals surface area contributed by atoms with Crippen LogP contribution in [0.15, 0.2) is 53.1 Å². The van der Waals surface area contributed by atoms with E-state index in [2.05, 4.69) is 26.7 Å². The van der Waals surface area contributed by atoms with Crippen molar-refractivity contribution in [2.24, 2.45) is 4.99 Å². The fourth-order valence-electron chi connectivity index (χ4n) is 3.07. The third kappa shape index (κ3) is 5.72. The van der Waals surface area contributed by atoms with E-state index >= 15 is 0 Å². The lowest BCUT2D eigenvalue weighted by atomic mass is 10.2. The van der Waals surface area contributed by atoms with Crippen LogP contribution in [-0.2, 0) is 13.0 Å². The number of rotatable bonds is 7. The van der Waals surface area contributed by atoms with Gasteiger partial charge in [-0.05, 0) is 30.0 Å². The third-order valence-electron chi connectivity index (χ3n) is 4.59. The first-order chi connectivity index (χ1) is 15.2. The van der Waals surface area contributed by atoms with E-state index in [1.807, 2.05) is 29.6 Å². The predicted octanol–water partition coefficient (Wildman–Crippen LogP) is 4.30. The van der Waals surface area contributed by atoms with Gasteiger partial charge in [-0.25, -0.2) is 9.98 Å². The Kier molecular flexibility index (Phi) is 6.98. The molecule has 0 saturated heterocycles. The second-order valence-corrected chi connectivity index (χ2v) is 7.82. The Bertz CT molecular complexity index is 1010. The number of imidazole rings is 1. The second kappa shape index (κ2) is 10.3. The summed E-state index contributed by atoms with van der Waals surface area (Å²) in [5.74, 6) is 2.02. The number of halogens is 2. The van der Waals surface area contributed by atoms with E-state index in [1.165, 1.54) is 17.3 Å². The fourth-order valence-corrected chi connectivity index (χ4v) is 3.78. The van der Waals surface area contributed by atoms with Gasteiger partial charge in [0.25, 0.3) is 0 Å². The van der Waals surface area contributed by atoms with Crippen molar-refractivity contribution in [1.82, 2.24) is 14.9 Å². The molecule has 31 heavy (non-hydrogen) atoms. The van der Waals surface area contributed by atoms with Gasteiger partial charge < -0.3 is 20.1 Å². The lowest BCUT2D eigenvalue weighted by Gasteiger charge is -2.14. The van der Waals surface area contributed by atoms with Gasteiger partial charge in [0.05, 0.1) is 13.2 Å². The molecule has 0 amide bonds. The first-order valence-corrected chi connectivity index (χ1v) is 10.8. The summed E-state index contributed by atoms with van der Waals surface area (Å²) in [6.45, 7) is -0.797. The number of nitrogens with zero attached hydrogens (tertiary/aromatic N) is 3. The molecule has 3 aromatic rings. The summed E-state index contributed by atoms with van der Waals surface area (Å²) < 4.78 is 38.4. The number of hydrogen-bond acceptors (Lipinski definition) is 5. The third-order valence-corrected chi connectivity index (χ3v) is 5.53. The summed E-state index contributed by atoms with van der Waals surface area (Å²) >= 11 is 1.69. The van der Waals surface area contributed by atoms with Gasteiger partial charge in [0.15, 0.2) is 17.5 Å². The summed E-state index contributed by atoms with van der Waals surface area (Å²) in [6.07, 6.45) is 4.24. The first-order valence-electron chi connectivity index (χ1n) is 9.96. The van der Waals surface area contributed by atoms with Crippen LogP contribution in [0.3, 0.4) is 0 Å². The minimum Gasteiger partial charge on any atom is -0.490 e. The van der Waals surface area contributed by atoms with Crippen molar-refractivity contribution < 1.29 is 18.3 Å². The van der Waals surface area contributed by atoms with E-state index < -0.39 is 6.55 Å². The molecule has 164 valence electrons. The van der Waals surface area contributed by atoms with E-state index in [4.69, 9.17) is 9.47 Å². The average Bonchev–Trinajstić information content (AvgIpc) is 3.40. The smallest absolute Gasteiger partial charge is 0.319 e. The first kappa shape index (κ1) is 21.1. The molecule has 10 heteroatoms. The van der Waals surface area contributed by atoms with Crippen molar-refractivity contribution in [3.05, 3.63) is 58.8 Å². The van der Waals surface area contributed by atoms with E-state index in [9.17, 15) is 8.78 Å². The highest BCUT2D eigenvalue weighted by Crippen LogP contribution is 2.32. The van der Waals surface area contributed by atoms with Crippen molar-refractivity contribution >= 4 is 23.0 Å². The molecule has 1 aliphatic heterocycles. The highest BCUT2D eigenvalue weighted by Gasteiger charge is 2.13. The number of fused-ring (bicyclic) bond motifs is 1. The molecule has 0 aliphatic carbocycles. The highest BCUT2D eigenvalue weighted by molar-refractivity contribution is 7.09. The second-order valence-electron chi connectivity index (χ2n) is 6.79. The zero-order chi connectivity index (χ0) is 21.5. The Hall–Kier alpha value is -3.14. The molecule has 0 unspecified atom stereocenters. The lowest BCUT2D eigenvalue weighted by molar-refractivity contribution is 0.0671. The summed E-state index contributed by atoms with van der Waals surface area (Å²) in [5.41, 5.74) is 0.754. The minimum absolute atomic E-state index is 0.0101. The van der Waals surface area contributed by atoms with Gasteiger partial charge in [-0.1, -0.05) is 6.07 Å². The SMILES string of the molecule is FC(F)n1ccnc1CN=C(NCCc1cccs1)Nc1ccc2c(c1)OCCCO2. The summed E-state index contributed by atoms with van der Waals surface area (Å²) in [6, 6.07) is 9.63. The van der Waals surface area contributed by atoms with Crippen LogP contribution in [0.5, 0.6) is 11.5 Å². The zero-order valence-electron chi connectivity index (χ0n) is 16.8. The van der Waals surface area contributed by atoms with Gasteiger partial charge in [0.1, 0.15) is 12.4 Å². The van der Waals surface area contributed by atoms with E-state index in [0.29, 0.717) is 37.2 Å². The number of benzene rings is 1. The molecule has 0 bridgehead atoms. The number of hydrogen-bond donors (Lipinski definition) is 2. The standard InChI is InChI=1S/C21H23F2N5O2S/c22-20(23)28-9-8-24-19(28)14-26-21(25-7-6-16-3-1-12-31-16)27-15-4-5-17-18(13-15)30-11-2-10-29-17/h1,3-5,8-9,12-13,20H,2,6-7,10-11,14H2,(H2,25,26,27). The molecule has 2 aromatic heterocycles. The van der Waals surface area contributed by atoms with Crippen LogP contribution in [0.4, 0.5) is 14.5 Å². The van der Waals surface area contributed by atoms with Crippen molar-refractivity contribution in [1.29, 1.82) is 0 Å². The number of aromatic nitrogens is 2. The number of anilines is 1. The fraction of sp³-hybridized carbons (Fsp3) is 0.333. The van der Waals surface area contributed by atoms with Crippen molar-refractivity contribution in [2.45, 2.75) is 25.9 Å². The topological polar surface area (TPSA) is 72.7 Å². The molecule has 7 nitrogen and oxygen atoms in total. The molecule has 0 saturated carbocycles. The van der Waals surface area contributed by atoms with Crippen molar-refractivity contribution in [2.75, 3.05) is 25.1 Å². The Morgan fingerprint density at radius 2 is 2.10 bits per heavy atom. The molecule has 0 radical (unpaired) electrons. The molecule has 4 rings (SSSR count). The van der Waals surface area contributed by atoms with Crippen molar-refractivity contribution in [3.63, 3.8) is 0 Å². The summed E-state index contributed by atoms with van der Waals surface area (Å²) in [5, 5.41) is 8.51. The quantitative estimate of drug-likeness (QED) is 0.417.